The standard InChI is InChI=1S/C24H28OS/c1-16-7-12-20-21(14-18-8-10-19(11-9-18)26(6)25)17(2)23(22(20)13-16)15-24(3,4)5/h7-14H,15H2,1-6H3/b21-14+. The van der Waals surface area contributed by atoms with Gasteiger partial charge in [0.25, 0.3) is 0 Å². The average molecular weight is 365 g/mol. The first kappa shape index (κ1) is 19.0. The lowest BCUT2D eigenvalue weighted by molar-refractivity contribution is 0.427. The van der Waals surface area contributed by atoms with Crippen LogP contribution in [0.2, 0.25) is 0 Å². The summed E-state index contributed by atoms with van der Waals surface area (Å²) in [5, 5.41) is 0. The molecule has 26 heavy (non-hydrogen) atoms. The zero-order chi connectivity index (χ0) is 19.1. The largest absolute Gasteiger partial charge is 0.612 e. The van der Waals surface area contributed by atoms with E-state index < -0.39 is 11.2 Å². The summed E-state index contributed by atoms with van der Waals surface area (Å²) in [6.07, 6.45) is 5.05. The molecule has 2 aromatic carbocycles. The minimum Gasteiger partial charge on any atom is -0.612 e. The quantitative estimate of drug-likeness (QED) is 0.570. The molecule has 1 unspecified atom stereocenters. The highest BCUT2D eigenvalue weighted by Gasteiger charge is 2.26. The van der Waals surface area contributed by atoms with Crippen molar-refractivity contribution in [1.82, 2.24) is 0 Å². The molecule has 1 nitrogen and oxygen atoms in total. The third-order valence-corrected chi connectivity index (χ3v) is 5.81. The van der Waals surface area contributed by atoms with Gasteiger partial charge in [-0.25, -0.2) is 0 Å². The minimum absolute atomic E-state index is 0.250. The predicted octanol–water partition coefficient (Wildman–Crippen LogP) is 6.50. The molecule has 0 N–H and O–H groups in total. The van der Waals surface area contributed by atoms with E-state index in [1.54, 1.807) is 6.26 Å². The van der Waals surface area contributed by atoms with Crippen LogP contribution in [0.5, 0.6) is 0 Å². The van der Waals surface area contributed by atoms with Crippen LogP contribution < -0.4 is 0 Å². The molecule has 3 rings (SSSR count). The van der Waals surface area contributed by atoms with Gasteiger partial charge in [-0.1, -0.05) is 44.5 Å². The molecule has 0 amide bonds. The number of allylic oxidation sites excluding steroid dienone is 3. The molecule has 1 aliphatic rings. The van der Waals surface area contributed by atoms with Gasteiger partial charge in [-0.3, -0.25) is 0 Å². The van der Waals surface area contributed by atoms with Gasteiger partial charge in [0.2, 0.25) is 0 Å². The lowest BCUT2D eigenvalue weighted by atomic mass is 9.85. The Morgan fingerprint density at radius 2 is 1.62 bits per heavy atom. The van der Waals surface area contributed by atoms with Crippen molar-refractivity contribution in [2.45, 2.75) is 45.9 Å². The Balaban J connectivity index is 2.09. The molecular formula is C24H28OS. The Bertz CT molecular complexity index is 877. The third-order valence-electron chi connectivity index (χ3n) is 4.88. The van der Waals surface area contributed by atoms with E-state index in [-0.39, 0.29) is 5.41 Å². The van der Waals surface area contributed by atoms with E-state index in [0.29, 0.717) is 0 Å². The highest BCUT2D eigenvalue weighted by atomic mass is 32.2. The van der Waals surface area contributed by atoms with Crippen molar-refractivity contribution in [2.24, 2.45) is 5.41 Å². The van der Waals surface area contributed by atoms with Gasteiger partial charge in [0.05, 0.1) is 0 Å². The van der Waals surface area contributed by atoms with E-state index in [1.165, 1.54) is 33.4 Å². The van der Waals surface area contributed by atoms with Crippen LogP contribution in [-0.4, -0.2) is 10.8 Å². The van der Waals surface area contributed by atoms with Crippen LogP contribution in [0.15, 0.2) is 52.9 Å². The summed E-state index contributed by atoms with van der Waals surface area (Å²) in [5.74, 6) is 0. The van der Waals surface area contributed by atoms with E-state index in [9.17, 15) is 4.55 Å². The Labute approximate surface area is 161 Å². The zero-order valence-electron chi connectivity index (χ0n) is 16.6. The third kappa shape index (κ3) is 3.97. The number of benzene rings is 2. The summed E-state index contributed by atoms with van der Waals surface area (Å²) >= 11 is -0.934. The zero-order valence-corrected chi connectivity index (χ0v) is 17.5. The Kier molecular flexibility index (Phi) is 5.18. The fourth-order valence-electron chi connectivity index (χ4n) is 3.58. The van der Waals surface area contributed by atoms with Gasteiger partial charge in [0, 0.05) is 0 Å². The molecule has 0 aromatic heterocycles. The van der Waals surface area contributed by atoms with E-state index >= 15 is 0 Å². The lowest BCUT2D eigenvalue weighted by Crippen LogP contribution is -2.06. The van der Waals surface area contributed by atoms with E-state index in [0.717, 1.165) is 16.9 Å². The van der Waals surface area contributed by atoms with E-state index in [2.05, 4.69) is 71.0 Å². The minimum atomic E-state index is -0.934. The Morgan fingerprint density at radius 1 is 0.962 bits per heavy atom. The summed E-state index contributed by atoms with van der Waals surface area (Å²) < 4.78 is 11.6. The van der Waals surface area contributed by atoms with Gasteiger partial charge in [0.15, 0.2) is 4.90 Å². The van der Waals surface area contributed by atoms with Gasteiger partial charge >= 0.3 is 0 Å². The van der Waals surface area contributed by atoms with Gasteiger partial charge < -0.3 is 4.55 Å². The van der Waals surface area contributed by atoms with Crippen LogP contribution in [0.4, 0.5) is 0 Å². The smallest absolute Gasteiger partial charge is 0.152 e. The summed E-state index contributed by atoms with van der Waals surface area (Å²) in [4.78, 5) is 0.871. The lowest BCUT2D eigenvalue weighted by Gasteiger charge is -2.20. The van der Waals surface area contributed by atoms with Crippen molar-refractivity contribution in [3.8, 4) is 0 Å². The first-order valence-corrected chi connectivity index (χ1v) is 10.7. The second kappa shape index (κ2) is 7.09. The molecule has 0 fully saturated rings. The number of aryl methyl sites for hydroxylation is 1. The molecule has 0 spiro atoms. The SMILES string of the molecule is CC1=C(CC(C)(C)C)c2cc(C)ccc2/C1=C/c1ccc([S+](C)[O-])cc1. The number of hydrogen-bond acceptors (Lipinski definition) is 1. The second-order valence-corrected chi connectivity index (χ2v) is 9.85. The summed E-state index contributed by atoms with van der Waals surface area (Å²) in [6.45, 7) is 11.3. The molecule has 0 saturated heterocycles. The molecule has 0 heterocycles. The van der Waals surface area contributed by atoms with Gasteiger partial charge in [-0.15, -0.1) is 0 Å². The van der Waals surface area contributed by atoms with Crippen LogP contribution in [0.1, 0.15) is 56.4 Å². The molecule has 0 radical (unpaired) electrons. The van der Waals surface area contributed by atoms with Crippen molar-refractivity contribution >= 4 is 28.4 Å². The fraction of sp³-hybridized carbons (Fsp3) is 0.333. The average Bonchev–Trinajstić information content (AvgIpc) is 2.79. The van der Waals surface area contributed by atoms with Crippen molar-refractivity contribution < 1.29 is 4.55 Å². The van der Waals surface area contributed by atoms with Crippen LogP contribution in [0.25, 0.3) is 17.2 Å². The molecule has 136 valence electrons. The highest BCUT2D eigenvalue weighted by molar-refractivity contribution is 7.90. The number of hydrogen-bond donors (Lipinski definition) is 0. The summed E-state index contributed by atoms with van der Waals surface area (Å²) in [7, 11) is 0. The predicted molar refractivity (Wildman–Crippen MR) is 114 cm³/mol. The monoisotopic (exact) mass is 364 g/mol. The first-order chi connectivity index (χ1) is 12.2. The molecule has 0 bridgehead atoms. The Morgan fingerprint density at radius 3 is 2.19 bits per heavy atom. The van der Waals surface area contributed by atoms with Crippen molar-refractivity contribution in [1.29, 1.82) is 0 Å². The molecule has 1 atom stereocenters. The van der Waals surface area contributed by atoms with Crippen LogP contribution in [0, 0.1) is 12.3 Å². The maximum atomic E-state index is 11.6. The number of rotatable bonds is 3. The highest BCUT2D eigenvalue weighted by Crippen LogP contribution is 2.46. The van der Waals surface area contributed by atoms with Crippen LogP contribution >= 0.6 is 0 Å². The molecule has 2 heteroatoms. The normalized spacial score (nSPS) is 17.0. The van der Waals surface area contributed by atoms with Gasteiger partial charge in [-0.05, 0) is 101 Å². The maximum Gasteiger partial charge on any atom is 0.152 e. The van der Waals surface area contributed by atoms with Crippen molar-refractivity contribution in [3.05, 3.63) is 70.3 Å². The topological polar surface area (TPSA) is 23.1 Å². The van der Waals surface area contributed by atoms with Gasteiger partial charge in [0.1, 0.15) is 6.26 Å². The van der Waals surface area contributed by atoms with Gasteiger partial charge in [-0.2, -0.15) is 0 Å². The molecular weight excluding hydrogens is 336 g/mol. The molecule has 1 aliphatic carbocycles. The Hall–Kier alpha value is -1.77. The van der Waals surface area contributed by atoms with E-state index in [1.807, 2.05) is 12.1 Å². The molecule has 2 aromatic rings. The second-order valence-electron chi connectivity index (χ2n) is 8.47. The van der Waals surface area contributed by atoms with Crippen LogP contribution in [0.3, 0.4) is 0 Å². The van der Waals surface area contributed by atoms with Crippen LogP contribution in [-0.2, 0) is 11.2 Å². The summed E-state index contributed by atoms with van der Waals surface area (Å²) in [6, 6.07) is 14.8. The first-order valence-electron chi connectivity index (χ1n) is 9.12. The fourth-order valence-corrected chi connectivity index (χ4v) is 4.10. The van der Waals surface area contributed by atoms with Crippen molar-refractivity contribution in [2.75, 3.05) is 6.26 Å². The molecule has 0 aliphatic heterocycles. The summed E-state index contributed by atoms with van der Waals surface area (Å²) in [5.41, 5.74) is 9.57. The van der Waals surface area contributed by atoms with E-state index in [4.69, 9.17) is 0 Å². The molecule has 0 saturated carbocycles. The maximum absolute atomic E-state index is 11.6. The number of fused-ring (bicyclic) bond motifs is 1. The van der Waals surface area contributed by atoms with Crippen molar-refractivity contribution in [3.63, 3.8) is 0 Å².